The van der Waals surface area contributed by atoms with Crippen LogP contribution < -0.4 is 5.32 Å². The number of hydrogen-bond acceptors (Lipinski definition) is 6. The van der Waals surface area contributed by atoms with E-state index in [9.17, 15) is 19.5 Å². The molecule has 33 heavy (non-hydrogen) atoms. The van der Waals surface area contributed by atoms with Gasteiger partial charge in [-0.1, -0.05) is 71.1 Å². The van der Waals surface area contributed by atoms with Crippen molar-refractivity contribution in [3.63, 3.8) is 0 Å². The molecule has 1 rings (SSSR count). The van der Waals surface area contributed by atoms with Crippen LogP contribution in [0.15, 0.2) is 23.1 Å². The van der Waals surface area contributed by atoms with Gasteiger partial charge in [0, 0.05) is 24.6 Å². The summed E-state index contributed by atoms with van der Waals surface area (Å²) in [5.74, 6) is -1.64. The molecule has 0 aromatic heterocycles. The van der Waals surface area contributed by atoms with Gasteiger partial charge in [-0.05, 0) is 40.0 Å². The summed E-state index contributed by atoms with van der Waals surface area (Å²) in [6, 6.07) is 0. The minimum atomic E-state index is -0.612. The molecule has 188 valence electrons. The molecule has 0 bridgehead atoms. The van der Waals surface area contributed by atoms with Gasteiger partial charge in [-0.2, -0.15) is 0 Å². The minimum absolute atomic E-state index is 0.135. The molecule has 0 spiro atoms. The Labute approximate surface area is 200 Å². The summed E-state index contributed by atoms with van der Waals surface area (Å²) in [4.78, 5) is 36.1. The Bertz CT molecular complexity index is 700. The van der Waals surface area contributed by atoms with E-state index in [4.69, 9.17) is 4.74 Å². The van der Waals surface area contributed by atoms with E-state index in [1.807, 2.05) is 20.8 Å². The Morgan fingerprint density at radius 2 is 1.45 bits per heavy atom. The molecule has 2 N–H and O–H groups in total. The number of ketones is 2. The monoisotopic (exact) mass is 463 g/mol. The molecule has 6 nitrogen and oxygen atoms in total. The van der Waals surface area contributed by atoms with E-state index in [1.54, 1.807) is 0 Å². The van der Waals surface area contributed by atoms with Gasteiger partial charge in [0.15, 0.2) is 0 Å². The molecule has 0 fully saturated rings. The molecule has 0 saturated heterocycles. The third-order valence-electron chi connectivity index (χ3n) is 5.64. The van der Waals surface area contributed by atoms with Crippen molar-refractivity contribution in [3.05, 3.63) is 23.1 Å². The number of aliphatic hydroxyl groups excluding tert-OH is 1. The van der Waals surface area contributed by atoms with Crippen molar-refractivity contribution in [3.8, 4) is 0 Å². The maximum atomic E-state index is 12.2. The van der Waals surface area contributed by atoms with Crippen molar-refractivity contribution in [2.45, 2.75) is 123 Å². The number of nitrogens with one attached hydrogen (secondary N) is 1. The highest BCUT2D eigenvalue weighted by Gasteiger charge is 2.28. The van der Waals surface area contributed by atoms with E-state index in [0.717, 1.165) is 25.3 Å². The first-order chi connectivity index (χ1) is 15.7. The van der Waals surface area contributed by atoms with E-state index >= 15 is 0 Å². The zero-order valence-corrected chi connectivity index (χ0v) is 21.3. The number of carbonyl (C=O) groups excluding carboxylic acids is 3. The summed E-state index contributed by atoms with van der Waals surface area (Å²) in [5.41, 5.74) is -0.0530. The molecule has 6 heteroatoms. The van der Waals surface area contributed by atoms with Gasteiger partial charge in [0.25, 0.3) is 0 Å². The second-order valence-electron chi connectivity index (χ2n) is 9.98. The Balaban J connectivity index is 2.33. The highest BCUT2D eigenvalue weighted by atomic mass is 16.6. The quantitative estimate of drug-likeness (QED) is 0.115. The van der Waals surface area contributed by atoms with Crippen LogP contribution in [0, 0.1) is 0 Å². The second-order valence-corrected chi connectivity index (χ2v) is 9.98. The summed E-state index contributed by atoms with van der Waals surface area (Å²) in [5, 5.41) is 13.5. The Kier molecular flexibility index (Phi) is 13.7. The molecule has 0 aliphatic heterocycles. The van der Waals surface area contributed by atoms with E-state index in [-0.39, 0.29) is 29.4 Å². The van der Waals surface area contributed by atoms with Crippen LogP contribution in [0.2, 0.25) is 0 Å². The number of hydrogen-bond donors (Lipinski definition) is 2. The molecular formula is C27H45NO5. The van der Waals surface area contributed by atoms with Crippen molar-refractivity contribution >= 4 is 17.5 Å². The van der Waals surface area contributed by atoms with E-state index in [1.165, 1.54) is 51.4 Å². The zero-order valence-electron chi connectivity index (χ0n) is 21.3. The summed E-state index contributed by atoms with van der Waals surface area (Å²) < 4.78 is 5.27. The van der Waals surface area contributed by atoms with Crippen LogP contribution in [0.3, 0.4) is 0 Å². The molecule has 0 radical (unpaired) electrons. The van der Waals surface area contributed by atoms with Gasteiger partial charge in [-0.25, -0.2) is 0 Å². The fourth-order valence-electron chi connectivity index (χ4n) is 3.86. The average Bonchev–Trinajstić information content (AvgIpc) is 2.73. The third-order valence-corrected chi connectivity index (χ3v) is 5.64. The van der Waals surface area contributed by atoms with Crippen LogP contribution in [0.5, 0.6) is 0 Å². The van der Waals surface area contributed by atoms with E-state index in [2.05, 4.69) is 12.2 Å². The van der Waals surface area contributed by atoms with Gasteiger partial charge in [-0.3, -0.25) is 14.4 Å². The summed E-state index contributed by atoms with van der Waals surface area (Å²) in [6.07, 6.45) is 15.5. The molecule has 0 heterocycles. The Morgan fingerprint density at radius 1 is 0.909 bits per heavy atom. The minimum Gasteiger partial charge on any atom is -0.505 e. The Hall–Kier alpha value is -2.11. The first kappa shape index (κ1) is 28.9. The zero-order chi connectivity index (χ0) is 24.7. The fraction of sp³-hybridized carbons (Fsp3) is 0.741. The first-order valence-corrected chi connectivity index (χ1v) is 12.8. The van der Waals surface area contributed by atoms with Gasteiger partial charge < -0.3 is 15.2 Å². The molecule has 0 amide bonds. The van der Waals surface area contributed by atoms with Crippen LogP contribution in [-0.2, 0) is 19.1 Å². The van der Waals surface area contributed by atoms with Crippen molar-refractivity contribution in [1.82, 2.24) is 5.32 Å². The lowest BCUT2D eigenvalue weighted by molar-refractivity contribution is -0.154. The maximum absolute atomic E-state index is 12.2. The van der Waals surface area contributed by atoms with Gasteiger partial charge in [0.05, 0.1) is 5.70 Å². The highest BCUT2D eigenvalue weighted by molar-refractivity contribution is 6.48. The normalized spacial score (nSPS) is 14.5. The predicted octanol–water partition coefficient (Wildman–Crippen LogP) is 6.25. The van der Waals surface area contributed by atoms with Crippen molar-refractivity contribution in [2.24, 2.45) is 0 Å². The highest BCUT2D eigenvalue weighted by Crippen LogP contribution is 2.23. The van der Waals surface area contributed by atoms with Crippen LogP contribution in [0.1, 0.15) is 118 Å². The lowest BCUT2D eigenvalue weighted by Crippen LogP contribution is -2.28. The van der Waals surface area contributed by atoms with Gasteiger partial charge >= 0.3 is 5.97 Å². The first-order valence-electron chi connectivity index (χ1n) is 12.8. The van der Waals surface area contributed by atoms with Crippen LogP contribution >= 0.6 is 0 Å². The Morgan fingerprint density at radius 3 is 2.00 bits per heavy atom. The average molecular weight is 464 g/mol. The van der Waals surface area contributed by atoms with Crippen LogP contribution in [-0.4, -0.2) is 34.8 Å². The maximum Gasteiger partial charge on any atom is 0.306 e. The SMILES string of the molecule is CCCCCCCCCCCCCC1=C(O)C(NCCCC(=O)OC(C)(C)C)=CC(=O)C1=O. The molecule has 1 aliphatic carbocycles. The van der Waals surface area contributed by atoms with Gasteiger partial charge in [-0.15, -0.1) is 0 Å². The molecular weight excluding hydrogens is 418 g/mol. The van der Waals surface area contributed by atoms with E-state index < -0.39 is 17.2 Å². The molecule has 0 atom stereocenters. The number of allylic oxidation sites excluding steroid dienone is 2. The standard InChI is InChI=1S/C27H45NO5/c1-5-6-7-8-9-10-11-12-13-14-15-17-21-25(31)22(20-23(29)26(21)32)28-19-16-18-24(30)33-27(2,3)4/h20,28,31H,5-19H2,1-4H3. The molecule has 0 aromatic rings. The molecule has 1 aliphatic rings. The third kappa shape index (κ3) is 12.6. The number of rotatable bonds is 17. The number of esters is 1. The predicted molar refractivity (Wildman–Crippen MR) is 132 cm³/mol. The number of ether oxygens (including phenoxy) is 1. The molecule has 0 unspecified atom stereocenters. The number of Topliss-reactive ketones (excluding diaryl/α,β-unsaturated/α-hetero) is 1. The smallest absolute Gasteiger partial charge is 0.306 e. The second kappa shape index (κ2) is 15.7. The summed E-state index contributed by atoms with van der Waals surface area (Å²) in [6.45, 7) is 8.08. The molecule has 0 aromatic carbocycles. The lowest BCUT2D eigenvalue weighted by atomic mass is 9.93. The number of carbonyl (C=O) groups is 3. The summed E-state index contributed by atoms with van der Waals surface area (Å²) in [7, 11) is 0. The van der Waals surface area contributed by atoms with Gasteiger partial charge in [0.2, 0.25) is 11.6 Å². The fourth-order valence-corrected chi connectivity index (χ4v) is 3.86. The lowest BCUT2D eigenvalue weighted by Gasteiger charge is -2.20. The number of unbranched alkanes of at least 4 members (excludes halogenated alkanes) is 10. The van der Waals surface area contributed by atoms with Crippen LogP contribution in [0.4, 0.5) is 0 Å². The van der Waals surface area contributed by atoms with Gasteiger partial charge in [0.1, 0.15) is 11.4 Å². The van der Waals surface area contributed by atoms with Crippen molar-refractivity contribution < 1.29 is 24.2 Å². The van der Waals surface area contributed by atoms with Crippen LogP contribution in [0.25, 0.3) is 0 Å². The summed E-state index contributed by atoms with van der Waals surface area (Å²) >= 11 is 0. The van der Waals surface area contributed by atoms with E-state index in [0.29, 0.717) is 19.4 Å². The largest absolute Gasteiger partial charge is 0.505 e. The topological polar surface area (TPSA) is 92.7 Å². The molecule has 0 saturated carbocycles. The van der Waals surface area contributed by atoms with Crippen molar-refractivity contribution in [2.75, 3.05) is 6.54 Å². The number of aliphatic hydroxyl groups is 1. The van der Waals surface area contributed by atoms with Crippen molar-refractivity contribution in [1.29, 1.82) is 0 Å².